The zero-order chi connectivity index (χ0) is 26.3. The van der Waals surface area contributed by atoms with Gasteiger partial charge >= 0.3 is 6.09 Å². The van der Waals surface area contributed by atoms with Crippen LogP contribution in [0.25, 0.3) is 11.1 Å². The summed E-state index contributed by atoms with van der Waals surface area (Å²) in [5.74, 6) is -1.20. The van der Waals surface area contributed by atoms with E-state index in [0.717, 1.165) is 16.7 Å². The van der Waals surface area contributed by atoms with E-state index in [0.29, 0.717) is 5.56 Å². The zero-order valence-corrected chi connectivity index (χ0v) is 20.8. The first-order chi connectivity index (χ1) is 17.0. The van der Waals surface area contributed by atoms with Crippen molar-refractivity contribution in [2.45, 2.75) is 57.2 Å². The summed E-state index contributed by atoms with van der Waals surface area (Å²) < 4.78 is 10.7. The first-order valence-corrected chi connectivity index (χ1v) is 11.8. The molecule has 1 fully saturated rings. The van der Waals surface area contributed by atoms with Crippen LogP contribution >= 0.6 is 0 Å². The van der Waals surface area contributed by atoms with Crippen LogP contribution in [0.1, 0.15) is 44.7 Å². The molecule has 1 heterocycles. The maximum atomic E-state index is 13.4. The third-order valence-electron chi connectivity index (χ3n) is 5.89. The molecule has 9 nitrogen and oxygen atoms in total. The van der Waals surface area contributed by atoms with E-state index in [1.165, 1.54) is 0 Å². The number of ether oxygens (including phenoxy) is 2. The summed E-state index contributed by atoms with van der Waals surface area (Å²) >= 11 is 0. The Morgan fingerprint density at radius 3 is 2.36 bits per heavy atom. The fourth-order valence-corrected chi connectivity index (χ4v) is 3.98. The molecule has 0 aromatic heterocycles. The Kier molecular flexibility index (Phi) is 8.33. The average molecular weight is 493 g/mol. The molecule has 4 N–H and O–H groups in total. The normalized spacial score (nSPS) is 15.7. The van der Waals surface area contributed by atoms with Crippen LogP contribution in [0.2, 0.25) is 0 Å². The highest BCUT2D eigenvalue weighted by Gasteiger charge is 2.43. The molecule has 1 saturated heterocycles. The summed E-state index contributed by atoms with van der Waals surface area (Å²) in [4.78, 5) is 38.1. The van der Waals surface area contributed by atoms with Gasteiger partial charge in [-0.25, -0.2) is 4.79 Å². The molecule has 0 spiro atoms. The molecule has 0 unspecified atom stereocenters. The molecule has 3 rings (SSSR count). The topological polar surface area (TPSA) is 144 Å². The Labute approximate surface area is 211 Å². The Hall–Kier alpha value is -3.90. The van der Waals surface area contributed by atoms with Crippen LogP contribution < -0.4 is 16.4 Å². The second-order valence-corrected chi connectivity index (χ2v) is 9.84. The van der Waals surface area contributed by atoms with E-state index in [9.17, 15) is 14.4 Å². The van der Waals surface area contributed by atoms with Crippen LogP contribution in [0.4, 0.5) is 4.79 Å². The Morgan fingerprint density at radius 1 is 1.11 bits per heavy atom. The highest BCUT2D eigenvalue weighted by atomic mass is 16.6. The van der Waals surface area contributed by atoms with Gasteiger partial charge in [0.15, 0.2) is 0 Å². The molecule has 190 valence electrons. The molecule has 2 aromatic carbocycles. The lowest BCUT2D eigenvalue weighted by molar-refractivity contribution is -0.135. The lowest BCUT2D eigenvalue weighted by Gasteiger charge is -2.37. The number of nitriles is 1. The van der Waals surface area contributed by atoms with Crippen molar-refractivity contribution in [1.82, 2.24) is 10.6 Å². The van der Waals surface area contributed by atoms with Crippen molar-refractivity contribution < 1.29 is 23.9 Å². The fraction of sp³-hybridized carbons (Fsp3) is 0.407. The van der Waals surface area contributed by atoms with Gasteiger partial charge in [0.25, 0.3) is 0 Å². The van der Waals surface area contributed by atoms with Crippen LogP contribution in [0, 0.1) is 11.3 Å². The number of primary amides is 1. The summed E-state index contributed by atoms with van der Waals surface area (Å²) in [6.45, 7) is 5.76. The van der Waals surface area contributed by atoms with Crippen LogP contribution in [0.5, 0.6) is 0 Å². The second kappa shape index (κ2) is 11.2. The first kappa shape index (κ1) is 26.7. The van der Waals surface area contributed by atoms with Crippen molar-refractivity contribution in [2.75, 3.05) is 13.2 Å². The predicted molar refractivity (Wildman–Crippen MR) is 134 cm³/mol. The largest absolute Gasteiger partial charge is 0.444 e. The molecule has 9 heteroatoms. The van der Waals surface area contributed by atoms with Gasteiger partial charge in [-0.3, -0.25) is 9.59 Å². The number of nitrogens with two attached hydrogens (primary N) is 1. The number of rotatable bonds is 7. The number of hydrogen-bond acceptors (Lipinski definition) is 6. The molecule has 1 aliphatic heterocycles. The molecule has 36 heavy (non-hydrogen) atoms. The van der Waals surface area contributed by atoms with Gasteiger partial charge in [-0.2, -0.15) is 5.26 Å². The van der Waals surface area contributed by atoms with Crippen LogP contribution in [-0.4, -0.2) is 48.3 Å². The standard InChI is InChI=1S/C27H32N4O5/c1-26(2,3)36-25(34)31-27(11-13-35-14-12-27)24(33)30-22(23(29)32)16-18-7-9-20(10-8-18)21-6-4-5-19(15-21)17-28/h4-10,15,22H,11-14,16H2,1-3H3,(H2,29,32)(H,30,33)(H,31,34)/t22-/m0/s1. The minimum absolute atomic E-state index is 0.179. The number of amides is 3. The van der Waals surface area contributed by atoms with Crippen molar-refractivity contribution >= 4 is 17.9 Å². The molecule has 1 atom stereocenters. The lowest BCUT2D eigenvalue weighted by atomic mass is 9.88. The van der Waals surface area contributed by atoms with Gasteiger partial charge in [-0.1, -0.05) is 36.4 Å². The van der Waals surface area contributed by atoms with Crippen LogP contribution in [-0.2, 0) is 25.5 Å². The minimum Gasteiger partial charge on any atom is -0.444 e. The number of nitrogens with zero attached hydrogens (tertiary/aromatic N) is 1. The van der Waals surface area contributed by atoms with E-state index in [2.05, 4.69) is 16.7 Å². The van der Waals surface area contributed by atoms with Gasteiger partial charge in [-0.05, 0) is 49.6 Å². The smallest absolute Gasteiger partial charge is 0.408 e. The molecular weight excluding hydrogens is 460 g/mol. The monoisotopic (exact) mass is 492 g/mol. The van der Waals surface area contributed by atoms with Crippen molar-refractivity contribution in [3.05, 3.63) is 59.7 Å². The average Bonchev–Trinajstić information content (AvgIpc) is 2.83. The molecule has 0 aliphatic carbocycles. The lowest BCUT2D eigenvalue weighted by Crippen LogP contribution is -2.64. The quantitative estimate of drug-likeness (QED) is 0.542. The van der Waals surface area contributed by atoms with Gasteiger partial charge in [0.05, 0.1) is 11.6 Å². The van der Waals surface area contributed by atoms with Crippen molar-refractivity contribution in [1.29, 1.82) is 5.26 Å². The number of carbonyl (C=O) groups is 3. The molecule has 3 amide bonds. The van der Waals surface area contributed by atoms with E-state index in [1.54, 1.807) is 32.9 Å². The summed E-state index contributed by atoms with van der Waals surface area (Å²) in [5.41, 5.74) is 6.79. The first-order valence-electron chi connectivity index (χ1n) is 11.8. The van der Waals surface area contributed by atoms with E-state index in [1.807, 2.05) is 36.4 Å². The van der Waals surface area contributed by atoms with Crippen LogP contribution in [0.15, 0.2) is 48.5 Å². The summed E-state index contributed by atoms with van der Waals surface area (Å²) in [7, 11) is 0. The van der Waals surface area contributed by atoms with Gasteiger partial charge in [0.2, 0.25) is 11.8 Å². The van der Waals surface area contributed by atoms with Crippen molar-refractivity contribution in [3.63, 3.8) is 0 Å². The molecule has 0 radical (unpaired) electrons. The third-order valence-corrected chi connectivity index (χ3v) is 5.89. The summed E-state index contributed by atoms with van der Waals surface area (Å²) in [6, 6.07) is 15.9. The van der Waals surface area contributed by atoms with Gasteiger partial charge in [0.1, 0.15) is 17.2 Å². The molecule has 0 bridgehead atoms. The molecule has 0 saturated carbocycles. The third kappa shape index (κ3) is 7.06. The highest BCUT2D eigenvalue weighted by molar-refractivity contribution is 5.94. The van der Waals surface area contributed by atoms with E-state index in [-0.39, 0.29) is 32.5 Å². The Balaban J connectivity index is 1.73. The maximum absolute atomic E-state index is 13.4. The number of alkyl carbamates (subject to hydrolysis) is 1. The number of nitrogens with one attached hydrogen (secondary N) is 2. The predicted octanol–water partition coefficient (Wildman–Crippen LogP) is 2.81. The van der Waals surface area contributed by atoms with Gasteiger partial charge < -0.3 is 25.8 Å². The van der Waals surface area contributed by atoms with E-state index < -0.39 is 35.1 Å². The maximum Gasteiger partial charge on any atom is 0.408 e. The number of hydrogen-bond donors (Lipinski definition) is 3. The van der Waals surface area contributed by atoms with E-state index >= 15 is 0 Å². The summed E-state index contributed by atoms with van der Waals surface area (Å²) in [6.07, 6.45) is -0.0650. The van der Waals surface area contributed by atoms with Gasteiger partial charge in [-0.15, -0.1) is 0 Å². The minimum atomic E-state index is -1.27. The Bertz CT molecular complexity index is 1140. The SMILES string of the molecule is CC(C)(C)OC(=O)NC1(C(=O)N[C@@H](Cc2ccc(-c3cccc(C#N)c3)cc2)C(N)=O)CCOCC1. The second-order valence-electron chi connectivity index (χ2n) is 9.84. The van der Waals surface area contributed by atoms with Crippen molar-refractivity contribution in [2.24, 2.45) is 5.73 Å². The summed E-state index contributed by atoms with van der Waals surface area (Å²) in [5, 5.41) is 14.6. The molecule has 1 aliphatic rings. The number of carbonyl (C=O) groups excluding carboxylic acids is 3. The van der Waals surface area contributed by atoms with Gasteiger partial charge in [0, 0.05) is 32.5 Å². The fourth-order valence-electron chi connectivity index (χ4n) is 3.98. The highest BCUT2D eigenvalue weighted by Crippen LogP contribution is 2.24. The van der Waals surface area contributed by atoms with E-state index in [4.69, 9.17) is 20.5 Å². The Morgan fingerprint density at radius 2 is 1.78 bits per heavy atom. The van der Waals surface area contributed by atoms with Crippen LogP contribution in [0.3, 0.4) is 0 Å². The molecular formula is C27H32N4O5. The zero-order valence-electron chi connectivity index (χ0n) is 20.8. The number of benzene rings is 2. The van der Waals surface area contributed by atoms with Crippen molar-refractivity contribution in [3.8, 4) is 17.2 Å². The molecule has 2 aromatic rings.